The molecule has 0 radical (unpaired) electrons. The summed E-state index contributed by atoms with van der Waals surface area (Å²) in [6.45, 7) is 6.68. The van der Waals surface area contributed by atoms with Crippen LogP contribution in [0.15, 0.2) is 24.4 Å². The van der Waals surface area contributed by atoms with Crippen molar-refractivity contribution in [1.29, 1.82) is 0 Å². The predicted octanol–water partition coefficient (Wildman–Crippen LogP) is 2.35. The van der Waals surface area contributed by atoms with E-state index >= 15 is 0 Å². The van der Waals surface area contributed by atoms with E-state index in [1.807, 2.05) is 13.1 Å². The smallest absolute Gasteiger partial charge is 0.0594 e. The van der Waals surface area contributed by atoms with Crippen LogP contribution >= 0.6 is 11.6 Å². The number of aromatic nitrogens is 1. The Kier molecular flexibility index (Phi) is 4.80. The van der Waals surface area contributed by atoms with Crippen LogP contribution in [-0.2, 0) is 17.8 Å². The summed E-state index contributed by atoms with van der Waals surface area (Å²) in [5.74, 6) is 0. The van der Waals surface area contributed by atoms with Gasteiger partial charge in [-0.15, -0.1) is 0 Å². The van der Waals surface area contributed by atoms with Crippen molar-refractivity contribution < 1.29 is 4.74 Å². The van der Waals surface area contributed by atoms with Gasteiger partial charge in [-0.3, -0.25) is 4.90 Å². The topological polar surface area (TPSA) is 29.4 Å². The van der Waals surface area contributed by atoms with Crippen molar-refractivity contribution in [3.63, 3.8) is 0 Å². The number of morpholine rings is 1. The minimum Gasteiger partial charge on any atom is -0.379 e. The zero-order valence-corrected chi connectivity index (χ0v) is 13.2. The molecule has 5 heteroatoms. The van der Waals surface area contributed by atoms with Crippen molar-refractivity contribution in [3.05, 3.63) is 35.0 Å². The first-order valence-electron chi connectivity index (χ1n) is 7.50. The fourth-order valence-corrected chi connectivity index (χ4v) is 3.10. The monoisotopic (exact) mass is 307 g/mol. The second kappa shape index (κ2) is 6.79. The summed E-state index contributed by atoms with van der Waals surface area (Å²) >= 11 is 6.17. The lowest BCUT2D eigenvalue weighted by molar-refractivity contribution is 0.0365. The molecule has 4 nitrogen and oxygen atoms in total. The van der Waals surface area contributed by atoms with Gasteiger partial charge in [0.25, 0.3) is 0 Å². The highest BCUT2D eigenvalue weighted by Gasteiger charge is 2.12. The SMILES string of the molecule is CNCc1cn(CCN2CCOCC2)c2cc(Cl)ccc12. The van der Waals surface area contributed by atoms with Crippen LogP contribution in [-0.4, -0.2) is 49.4 Å². The third-order valence-electron chi connectivity index (χ3n) is 4.05. The number of halogens is 1. The molecule has 0 atom stereocenters. The molecule has 114 valence electrons. The molecule has 3 rings (SSSR count). The van der Waals surface area contributed by atoms with Crippen molar-refractivity contribution >= 4 is 22.5 Å². The zero-order chi connectivity index (χ0) is 14.7. The molecule has 2 heterocycles. The van der Waals surface area contributed by atoms with Crippen molar-refractivity contribution in [2.45, 2.75) is 13.1 Å². The first kappa shape index (κ1) is 14.9. The number of nitrogens with one attached hydrogen (secondary N) is 1. The molecule has 0 bridgehead atoms. The molecule has 0 aliphatic carbocycles. The number of hydrogen-bond acceptors (Lipinski definition) is 3. The molecule has 1 aromatic carbocycles. The van der Waals surface area contributed by atoms with Crippen molar-refractivity contribution in [1.82, 2.24) is 14.8 Å². The lowest BCUT2D eigenvalue weighted by Gasteiger charge is -2.26. The Morgan fingerprint density at radius 2 is 2.05 bits per heavy atom. The molecule has 0 amide bonds. The summed E-state index contributed by atoms with van der Waals surface area (Å²) in [4.78, 5) is 2.46. The van der Waals surface area contributed by atoms with E-state index < -0.39 is 0 Å². The molecular formula is C16H22ClN3O. The highest BCUT2D eigenvalue weighted by molar-refractivity contribution is 6.31. The summed E-state index contributed by atoms with van der Waals surface area (Å²) in [6.07, 6.45) is 2.25. The van der Waals surface area contributed by atoms with Gasteiger partial charge in [0.2, 0.25) is 0 Å². The van der Waals surface area contributed by atoms with Crippen molar-refractivity contribution in [2.75, 3.05) is 39.9 Å². The molecule has 0 saturated carbocycles. The highest BCUT2D eigenvalue weighted by atomic mass is 35.5. The largest absolute Gasteiger partial charge is 0.379 e. The van der Waals surface area contributed by atoms with Gasteiger partial charge in [0.05, 0.1) is 13.2 Å². The third-order valence-corrected chi connectivity index (χ3v) is 4.29. The lowest BCUT2D eigenvalue weighted by atomic mass is 10.2. The second-order valence-electron chi connectivity index (χ2n) is 5.49. The molecule has 0 spiro atoms. The molecule has 1 saturated heterocycles. The molecule has 0 unspecified atom stereocenters. The van der Waals surface area contributed by atoms with Crippen molar-refractivity contribution in [3.8, 4) is 0 Å². The zero-order valence-electron chi connectivity index (χ0n) is 12.4. The summed E-state index contributed by atoms with van der Waals surface area (Å²) < 4.78 is 7.72. The van der Waals surface area contributed by atoms with Gasteiger partial charge in [-0.05, 0) is 24.7 Å². The van der Waals surface area contributed by atoms with Crippen LogP contribution in [0.4, 0.5) is 0 Å². The maximum atomic E-state index is 6.17. The maximum Gasteiger partial charge on any atom is 0.0594 e. The van der Waals surface area contributed by atoms with Crippen LogP contribution in [0.2, 0.25) is 5.02 Å². The predicted molar refractivity (Wildman–Crippen MR) is 87.0 cm³/mol. The Hall–Kier alpha value is -1.07. The van der Waals surface area contributed by atoms with Crippen LogP contribution in [0.3, 0.4) is 0 Å². The van der Waals surface area contributed by atoms with E-state index in [2.05, 4.69) is 33.1 Å². The van der Waals surface area contributed by atoms with Crippen LogP contribution in [0, 0.1) is 0 Å². The number of fused-ring (bicyclic) bond motifs is 1. The van der Waals surface area contributed by atoms with E-state index in [1.54, 1.807) is 0 Å². The summed E-state index contributed by atoms with van der Waals surface area (Å²) in [5.41, 5.74) is 2.55. The first-order chi connectivity index (χ1) is 10.3. The average molecular weight is 308 g/mol. The van der Waals surface area contributed by atoms with E-state index in [9.17, 15) is 0 Å². The van der Waals surface area contributed by atoms with E-state index in [0.717, 1.165) is 51.0 Å². The fourth-order valence-electron chi connectivity index (χ4n) is 2.93. The quantitative estimate of drug-likeness (QED) is 0.919. The van der Waals surface area contributed by atoms with Crippen LogP contribution in [0.5, 0.6) is 0 Å². The van der Waals surface area contributed by atoms with Gasteiger partial charge in [0, 0.05) is 54.8 Å². The molecule has 2 aromatic rings. The van der Waals surface area contributed by atoms with Gasteiger partial charge in [-0.2, -0.15) is 0 Å². The molecule has 1 aromatic heterocycles. The van der Waals surface area contributed by atoms with Gasteiger partial charge >= 0.3 is 0 Å². The Morgan fingerprint density at radius 3 is 2.81 bits per heavy atom. The molecule has 1 aliphatic rings. The number of ether oxygens (including phenoxy) is 1. The number of hydrogen-bond donors (Lipinski definition) is 1. The van der Waals surface area contributed by atoms with Crippen LogP contribution < -0.4 is 5.32 Å². The van der Waals surface area contributed by atoms with Crippen LogP contribution in [0.25, 0.3) is 10.9 Å². The number of nitrogens with zero attached hydrogens (tertiary/aromatic N) is 2. The van der Waals surface area contributed by atoms with E-state index in [-0.39, 0.29) is 0 Å². The summed E-state index contributed by atoms with van der Waals surface area (Å²) in [7, 11) is 1.98. The van der Waals surface area contributed by atoms with E-state index in [0.29, 0.717) is 0 Å². The van der Waals surface area contributed by atoms with Gasteiger partial charge in [0.1, 0.15) is 0 Å². The second-order valence-corrected chi connectivity index (χ2v) is 5.93. The number of benzene rings is 1. The highest BCUT2D eigenvalue weighted by Crippen LogP contribution is 2.25. The molecule has 1 aliphatic heterocycles. The Morgan fingerprint density at radius 1 is 1.24 bits per heavy atom. The van der Waals surface area contributed by atoms with Crippen LogP contribution in [0.1, 0.15) is 5.56 Å². The summed E-state index contributed by atoms with van der Waals surface area (Å²) in [5, 5.41) is 5.32. The molecule has 1 N–H and O–H groups in total. The number of rotatable bonds is 5. The normalized spacial score (nSPS) is 16.7. The Labute approximate surface area is 130 Å². The van der Waals surface area contributed by atoms with E-state index in [1.165, 1.54) is 16.5 Å². The van der Waals surface area contributed by atoms with Gasteiger partial charge in [-0.1, -0.05) is 17.7 Å². The summed E-state index contributed by atoms with van der Waals surface area (Å²) in [6, 6.07) is 6.15. The van der Waals surface area contributed by atoms with Gasteiger partial charge in [-0.25, -0.2) is 0 Å². The Bertz CT molecular complexity index is 605. The minimum absolute atomic E-state index is 0.796. The van der Waals surface area contributed by atoms with E-state index in [4.69, 9.17) is 16.3 Å². The lowest BCUT2D eigenvalue weighted by Crippen LogP contribution is -2.38. The standard InChI is InChI=1S/C16H22ClN3O/c1-18-11-13-12-20(5-4-19-6-8-21-9-7-19)16-10-14(17)2-3-15(13)16/h2-3,10,12,18H,4-9,11H2,1H3. The molecular weight excluding hydrogens is 286 g/mol. The van der Waals surface area contributed by atoms with Gasteiger partial charge in [0.15, 0.2) is 0 Å². The third kappa shape index (κ3) is 3.40. The first-order valence-corrected chi connectivity index (χ1v) is 7.87. The fraction of sp³-hybridized carbons (Fsp3) is 0.500. The molecule has 1 fully saturated rings. The molecule has 21 heavy (non-hydrogen) atoms. The van der Waals surface area contributed by atoms with Gasteiger partial charge < -0.3 is 14.6 Å². The minimum atomic E-state index is 0.796. The van der Waals surface area contributed by atoms with Crippen molar-refractivity contribution in [2.24, 2.45) is 0 Å². The Balaban J connectivity index is 1.81. The average Bonchev–Trinajstić information content (AvgIpc) is 2.84. The maximum absolute atomic E-state index is 6.17.